The minimum Gasteiger partial charge on any atom is -0.507 e. The summed E-state index contributed by atoms with van der Waals surface area (Å²) in [6.07, 6.45) is -3.58. The highest BCUT2D eigenvalue weighted by Crippen LogP contribution is 2.52. The van der Waals surface area contributed by atoms with E-state index in [0.29, 0.717) is 11.3 Å². The van der Waals surface area contributed by atoms with Crippen LogP contribution in [0.3, 0.4) is 0 Å². The minimum absolute atomic E-state index is 0.0280. The molecular weight excluding hydrogens is 634 g/mol. The lowest BCUT2D eigenvalue weighted by molar-refractivity contribution is -0.249. The van der Waals surface area contributed by atoms with Gasteiger partial charge >= 0.3 is 0 Å². The van der Waals surface area contributed by atoms with Crippen molar-refractivity contribution in [3.05, 3.63) is 99.2 Å². The molecule has 1 saturated heterocycles. The lowest BCUT2D eigenvalue weighted by Crippen LogP contribution is -2.54. The molecule has 3 aromatic rings. The fourth-order valence-corrected chi connectivity index (χ4v) is 6.98. The van der Waals surface area contributed by atoms with Gasteiger partial charge in [0, 0.05) is 53.3 Å². The van der Waals surface area contributed by atoms with Crippen molar-refractivity contribution in [3.8, 4) is 17.2 Å². The van der Waals surface area contributed by atoms with Crippen molar-refractivity contribution in [1.29, 1.82) is 0 Å². The molecule has 1 aliphatic heterocycles. The molecule has 256 valence electrons. The fourth-order valence-electron chi connectivity index (χ4n) is 6.98. The van der Waals surface area contributed by atoms with Crippen molar-refractivity contribution in [1.82, 2.24) is 5.32 Å². The third kappa shape index (κ3) is 5.90. The first-order valence-electron chi connectivity index (χ1n) is 15.9. The number of phenols is 2. The van der Waals surface area contributed by atoms with Crippen molar-refractivity contribution in [2.45, 2.75) is 76.3 Å². The number of carbonyl (C=O) groups excluding carboxylic acids is 4. The molecule has 5 unspecified atom stereocenters. The van der Waals surface area contributed by atoms with E-state index in [1.807, 2.05) is 0 Å². The Balaban J connectivity index is 1.36. The molecule has 5 N–H and O–H groups in total. The van der Waals surface area contributed by atoms with E-state index in [0.717, 1.165) is 0 Å². The number of ketones is 4. The number of aliphatic hydroxyl groups excluding tert-OH is 1. The lowest BCUT2D eigenvalue weighted by Gasteiger charge is -2.43. The Hall–Kier alpha value is -4.88. The molecule has 3 aliphatic rings. The van der Waals surface area contributed by atoms with E-state index in [9.17, 15) is 39.6 Å². The van der Waals surface area contributed by atoms with Crippen LogP contribution in [0.4, 0.5) is 0 Å². The van der Waals surface area contributed by atoms with Crippen molar-refractivity contribution >= 4 is 23.1 Å². The highest BCUT2D eigenvalue weighted by atomic mass is 16.7. The maximum Gasteiger partial charge on any atom is 0.202 e. The maximum absolute atomic E-state index is 13.9. The molecule has 0 amide bonds. The van der Waals surface area contributed by atoms with Crippen LogP contribution in [0, 0.1) is 0 Å². The molecule has 12 heteroatoms. The van der Waals surface area contributed by atoms with E-state index in [4.69, 9.17) is 14.2 Å². The van der Waals surface area contributed by atoms with Gasteiger partial charge in [-0.15, -0.1) is 0 Å². The number of ether oxygens (including phenoxy) is 3. The zero-order valence-corrected chi connectivity index (χ0v) is 27.4. The van der Waals surface area contributed by atoms with Crippen LogP contribution in [0.5, 0.6) is 17.2 Å². The summed E-state index contributed by atoms with van der Waals surface area (Å²) >= 11 is 0. The van der Waals surface area contributed by atoms with Gasteiger partial charge in [0.1, 0.15) is 29.0 Å². The average Bonchev–Trinajstić information content (AvgIpc) is 3.07. The number of aliphatic hydroxyl groups is 2. The van der Waals surface area contributed by atoms with E-state index >= 15 is 0 Å². The zero-order valence-electron chi connectivity index (χ0n) is 27.4. The Labute approximate surface area is 281 Å². The van der Waals surface area contributed by atoms with E-state index in [-0.39, 0.29) is 46.6 Å². The Morgan fingerprint density at radius 3 is 2.35 bits per heavy atom. The van der Waals surface area contributed by atoms with E-state index in [1.165, 1.54) is 38.3 Å². The molecule has 3 aromatic carbocycles. The summed E-state index contributed by atoms with van der Waals surface area (Å²) in [6, 6.07) is 12.4. The normalized spacial score (nSPS) is 26.3. The van der Waals surface area contributed by atoms with Crippen LogP contribution in [0.2, 0.25) is 0 Å². The van der Waals surface area contributed by atoms with Gasteiger partial charge in [0.2, 0.25) is 5.78 Å². The first-order valence-corrected chi connectivity index (χ1v) is 15.9. The quantitative estimate of drug-likeness (QED) is 0.104. The van der Waals surface area contributed by atoms with E-state index in [1.54, 1.807) is 44.2 Å². The van der Waals surface area contributed by atoms with Crippen LogP contribution in [-0.4, -0.2) is 80.8 Å². The first-order chi connectivity index (χ1) is 23.2. The predicted octanol–water partition coefficient (Wildman–Crippen LogP) is 3.45. The number of hydrogen-bond donors (Lipinski definition) is 5. The summed E-state index contributed by atoms with van der Waals surface area (Å²) in [4.78, 5) is 53.1. The molecule has 0 spiro atoms. The summed E-state index contributed by atoms with van der Waals surface area (Å²) in [5.41, 5.74) is -2.28. The number of aromatic hydroxyl groups is 2. The molecule has 6 atom stereocenters. The van der Waals surface area contributed by atoms with Gasteiger partial charge in [-0.1, -0.05) is 42.5 Å². The molecular formula is C37H37NO11. The second-order valence-electron chi connectivity index (χ2n) is 12.8. The van der Waals surface area contributed by atoms with Crippen molar-refractivity contribution < 1.29 is 53.8 Å². The maximum atomic E-state index is 13.9. The molecule has 0 bridgehead atoms. The van der Waals surface area contributed by atoms with Gasteiger partial charge in [0.25, 0.3) is 0 Å². The van der Waals surface area contributed by atoms with Gasteiger partial charge in [-0.25, -0.2) is 0 Å². The summed E-state index contributed by atoms with van der Waals surface area (Å²) < 4.78 is 17.6. The van der Waals surface area contributed by atoms with Crippen LogP contribution in [-0.2, 0) is 20.7 Å². The third-order valence-corrected chi connectivity index (χ3v) is 9.57. The van der Waals surface area contributed by atoms with Crippen LogP contribution in [0.15, 0.2) is 60.3 Å². The minimum atomic E-state index is -2.06. The molecule has 1 fully saturated rings. The molecule has 12 nitrogen and oxygen atoms in total. The second kappa shape index (κ2) is 12.9. The number of nitrogens with one attached hydrogen (secondary N) is 1. The Morgan fingerprint density at radius 1 is 0.980 bits per heavy atom. The number of rotatable bonds is 8. The summed E-state index contributed by atoms with van der Waals surface area (Å²) in [5.74, 6) is -3.56. The van der Waals surface area contributed by atoms with Gasteiger partial charge in [-0.3, -0.25) is 19.2 Å². The standard InChI is InChI=1S/C37H37NO11/c1-17(13-24(40)20-9-6-5-7-10-20)38-23-14-27(48-18(2)32(23)41)49-26-16-37(46,19(3)39)15-22-29(26)36(45)31-30(34(22)43)33(42)21-11-8-12-25(47-4)28(21)35(31)44/h5-13,18,23,26-27,32,38,41,43,45-46H,14-16H2,1-4H3/b17-13+/t18?,23?,26?,27?,32?,37-/m0/s1. The molecule has 6 rings (SSSR count). The highest BCUT2D eigenvalue weighted by Gasteiger charge is 2.49. The largest absolute Gasteiger partial charge is 0.507 e. The summed E-state index contributed by atoms with van der Waals surface area (Å²) in [5, 5.41) is 48.9. The van der Waals surface area contributed by atoms with Crippen molar-refractivity contribution in [3.63, 3.8) is 0 Å². The molecule has 0 aromatic heterocycles. The smallest absolute Gasteiger partial charge is 0.202 e. The number of allylic oxidation sites excluding steroid dienone is 2. The number of fused-ring (bicyclic) bond motifs is 3. The third-order valence-electron chi connectivity index (χ3n) is 9.57. The topological polar surface area (TPSA) is 189 Å². The van der Waals surface area contributed by atoms with Gasteiger partial charge in [-0.05, 0) is 26.8 Å². The van der Waals surface area contributed by atoms with Crippen LogP contribution < -0.4 is 10.1 Å². The van der Waals surface area contributed by atoms with Crippen LogP contribution in [0.25, 0.3) is 0 Å². The summed E-state index contributed by atoms with van der Waals surface area (Å²) in [6.45, 7) is 4.48. The average molecular weight is 672 g/mol. The molecule has 2 aliphatic carbocycles. The van der Waals surface area contributed by atoms with Crippen LogP contribution in [0.1, 0.15) is 93.0 Å². The number of carbonyl (C=O) groups is 4. The Kier molecular flexibility index (Phi) is 8.92. The van der Waals surface area contributed by atoms with Gasteiger partial charge in [0.15, 0.2) is 23.6 Å². The van der Waals surface area contributed by atoms with Crippen LogP contribution >= 0.6 is 0 Å². The van der Waals surface area contributed by atoms with Crippen molar-refractivity contribution in [2.75, 3.05) is 7.11 Å². The Morgan fingerprint density at radius 2 is 1.67 bits per heavy atom. The van der Waals surface area contributed by atoms with E-state index < -0.39 is 82.6 Å². The number of Topliss-reactive ketones (excluding diaryl/α,β-unsaturated/α-hetero) is 1. The molecule has 49 heavy (non-hydrogen) atoms. The summed E-state index contributed by atoms with van der Waals surface area (Å²) in [7, 11) is 1.34. The van der Waals surface area contributed by atoms with Gasteiger partial charge in [0.05, 0.1) is 42.0 Å². The van der Waals surface area contributed by atoms with Gasteiger partial charge < -0.3 is 40.0 Å². The zero-order chi connectivity index (χ0) is 35.4. The van der Waals surface area contributed by atoms with Gasteiger partial charge in [-0.2, -0.15) is 0 Å². The molecule has 0 saturated carbocycles. The monoisotopic (exact) mass is 671 g/mol. The lowest BCUT2D eigenvalue weighted by atomic mass is 9.72. The SMILES string of the molecule is COc1cccc2c1C(=O)c1c(O)c3c(c(O)c1C2=O)C[C@@](O)(C(C)=O)CC3OC1CC(N/C(C)=C/C(=O)c2ccccc2)C(O)C(C)O1. The number of phenolic OH excluding ortho intramolecular Hbond substituents is 2. The number of hydrogen-bond acceptors (Lipinski definition) is 12. The van der Waals surface area contributed by atoms with E-state index in [2.05, 4.69) is 5.32 Å². The predicted molar refractivity (Wildman–Crippen MR) is 174 cm³/mol. The fraction of sp³-hybridized carbons (Fsp3) is 0.351. The van der Waals surface area contributed by atoms with Crippen molar-refractivity contribution in [2.24, 2.45) is 0 Å². The number of methoxy groups -OCH3 is 1. The highest BCUT2D eigenvalue weighted by molar-refractivity contribution is 6.31. The Bertz CT molecular complexity index is 1900. The molecule has 0 radical (unpaired) electrons. The second-order valence-corrected chi connectivity index (χ2v) is 12.8. The molecule has 1 heterocycles. The first kappa shape index (κ1) is 34.0. The number of benzene rings is 3.